The van der Waals surface area contributed by atoms with E-state index >= 15 is 0 Å². The van der Waals surface area contributed by atoms with Crippen LogP contribution in [0.2, 0.25) is 0 Å². The SMILES string of the molecule is CCOOOCC.[Mg]. The molecule has 2 radical (unpaired) electrons. The molecule has 0 rings (SSSR count). The molecule has 8 heavy (non-hydrogen) atoms. The fourth-order valence-electron chi connectivity index (χ4n) is 0.130. The summed E-state index contributed by atoms with van der Waals surface area (Å²) in [6.07, 6.45) is 0. The van der Waals surface area contributed by atoms with Crippen LogP contribution < -0.4 is 0 Å². The highest BCUT2D eigenvalue weighted by atomic mass is 24.3. The molecule has 0 amide bonds. The van der Waals surface area contributed by atoms with Crippen molar-refractivity contribution in [1.82, 2.24) is 0 Å². The monoisotopic (exact) mass is 130 g/mol. The summed E-state index contributed by atoms with van der Waals surface area (Å²) in [4.78, 5) is 8.70. The molecule has 0 aliphatic heterocycles. The molecule has 46 valence electrons. The van der Waals surface area contributed by atoms with Crippen LogP contribution >= 0.6 is 0 Å². The molecule has 4 heteroatoms. The Morgan fingerprint density at radius 2 is 1.38 bits per heavy atom. The van der Waals surface area contributed by atoms with E-state index in [-0.39, 0.29) is 23.1 Å². The van der Waals surface area contributed by atoms with Crippen molar-refractivity contribution in [2.75, 3.05) is 13.2 Å². The summed E-state index contributed by atoms with van der Waals surface area (Å²) in [6.45, 7) is 4.66. The van der Waals surface area contributed by atoms with Crippen LogP contribution in [0.15, 0.2) is 0 Å². The number of hydrogen-bond donors (Lipinski definition) is 0. The predicted molar refractivity (Wildman–Crippen MR) is 30.1 cm³/mol. The minimum atomic E-state index is 0. The largest absolute Gasteiger partial charge is 0.206 e. The van der Waals surface area contributed by atoms with Gasteiger partial charge >= 0.3 is 0 Å². The summed E-state index contributed by atoms with van der Waals surface area (Å²) >= 11 is 0. The van der Waals surface area contributed by atoms with Gasteiger partial charge in [0, 0.05) is 23.1 Å². The van der Waals surface area contributed by atoms with Crippen LogP contribution in [0.1, 0.15) is 13.8 Å². The molecule has 0 bridgehead atoms. The zero-order valence-electron chi connectivity index (χ0n) is 5.35. The second-order valence-electron chi connectivity index (χ2n) is 0.881. The van der Waals surface area contributed by atoms with E-state index in [1.54, 1.807) is 0 Å². The zero-order chi connectivity index (χ0) is 5.54. The Morgan fingerprint density at radius 1 is 1.00 bits per heavy atom. The van der Waals surface area contributed by atoms with E-state index in [0.29, 0.717) is 13.2 Å². The predicted octanol–water partition coefficient (Wildman–Crippen LogP) is 0.525. The third-order valence-corrected chi connectivity index (χ3v) is 0.332. The van der Waals surface area contributed by atoms with Crippen molar-refractivity contribution in [2.24, 2.45) is 0 Å². The van der Waals surface area contributed by atoms with E-state index in [4.69, 9.17) is 0 Å². The standard InChI is InChI=1S/C4H10O3.Mg/c1-3-5-7-6-4-2;/h3-4H2,1-2H3;. The second kappa shape index (κ2) is 10.6. The van der Waals surface area contributed by atoms with Gasteiger partial charge in [-0.3, -0.25) is 0 Å². The highest BCUT2D eigenvalue weighted by molar-refractivity contribution is 5.75. The van der Waals surface area contributed by atoms with E-state index in [0.717, 1.165) is 0 Å². The molecule has 3 nitrogen and oxygen atoms in total. The molecular weight excluding hydrogens is 120 g/mol. The van der Waals surface area contributed by atoms with Gasteiger partial charge in [-0.2, -0.15) is 0 Å². The molecule has 0 fully saturated rings. The molecule has 0 aromatic heterocycles. The van der Waals surface area contributed by atoms with E-state index in [9.17, 15) is 0 Å². The average molecular weight is 130 g/mol. The van der Waals surface area contributed by atoms with Gasteiger partial charge in [0.2, 0.25) is 0 Å². The fourth-order valence-corrected chi connectivity index (χ4v) is 0.130. The Bertz CT molecular complexity index is 30.5. The number of hydrogen-bond acceptors (Lipinski definition) is 3. The smallest absolute Gasteiger partial charge is 0.0825 e. The minimum Gasteiger partial charge on any atom is -0.206 e. The fraction of sp³-hybridized carbons (Fsp3) is 1.00. The normalized spacial score (nSPS) is 8.25. The lowest BCUT2D eigenvalue weighted by Crippen LogP contribution is -1.94. The highest BCUT2D eigenvalue weighted by Gasteiger charge is 1.77. The molecule has 0 spiro atoms. The minimum absolute atomic E-state index is 0. The Kier molecular flexibility index (Phi) is 15.2. The van der Waals surface area contributed by atoms with Crippen molar-refractivity contribution in [3.8, 4) is 0 Å². The summed E-state index contributed by atoms with van der Waals surface area (Å²) in [5.41, 5.74) is 0. The van der Waals surface area contributed by atoms with E-state index < -0.39 is 0 Å². The van der Waals surface area contributed by atoms with Gasteiger partial charge in [-0.25, -0.2) is 9.78 Å². The van der Waals surface area contributed by atoms with Crippen molar-refractivity contribution in [3.63, 3.8) is 0 Å². The Balaban J connectivity index is 0. The van der Waals surface area contributed by atoms with Crippen molar-refractivity contribution >= 4 is 23.1 Å². The van der Waals surface area contributed by atoms with Crippen LogP contribution in [0.4, 0.5) is 0 Å². The molecule has 0 saturated carbocycles. The Morgan fingerprint density at radius 3 is 1.62 bits per heavy atom. The van der Waals surface area contributed by atoms with Crippen LogP contribution in [0.3, 0.4) is 0 Å². The van der Waals surface area contributed by atoms with E-state index in [1.807, 2.05) is 13.8 Å². The lowest BCUT2D eigenvalue weighted by Gasteiger charge is -1.94. The quantitative estimate of drug-likeness (QED) is 0.240. The molecule has 0 N–H and O–H groups in total. The molecule has 0 aliphatic carbocycles. The first-order valence-corrected chi connectivity index (χ1v) is 2.32. The maximum Gasteiger partial charge on any atom is 0.0825 e. The van der Waals surface area contributed by atoms with Crippen molar-refractivity contribution in [2.45, 2.75) is 13.8 Å². The molecule has 0 aromatic rings. The highest BCUT2D eigenvalue weighted by Crippen LogP contribution is 1.77. The third-order valence-electron chi connectivity index (χ3n) is 0.332. The molecule has 0 aliphatic rings. The van der Waals surface area contributed by atoms with Gasteiger partial charge in [0.15, 0.2) is 0 Å². The van der Waals surface area contributed by atoms with Gasteiger partial charge in [0.25, 0.3) is 0 Å². The first-order valence-electron chi connectivity index (χ1n) is 2.32. The average Bonchev–Trinajstić information content (AvgIpc) is 1.69. The van der Waals surface area contributed by atoms with E-state index in [2.05, 4.69) is 14.8 Å². The van der Waals surface area contributed by atoms with Gasteiger partial charge in [0.1, 0.15) is 0 Å². The van der Waals surface area contributed by atoms with Crippen molar-refractivity contribution < 1.29 is 14.8 Å². The lowest BCUT2D eigenvalue weighted by atomic mass is 10.9. The van der Waals surface area contributed by atoms with Crippen LogP contribution in [0, 0.1) is 0 Å². The molecule has 0 atom stereocenters. The molecular formula is C4H10MgO3. The maximum absolute atomic E-state index is 4.35. The van der Waals surface area contributed by atoms with Crippen LogP contribution in [-0.2, 0) is 14.8 Å². The maximum atomic E-state index is 4.35. The number of rotatable bonds is 4. The lowest BCUT2D eigenvalue weighted by molar-refractivity contribution is -0.509. The van der Waals surface area contributed by atoms with Gasteiger partial charge in [0.05, 0.1) is 13.2 Å². The first kappa shape index (κ1) is 11.4. The van der Waals surface area contributed by atoms with Crippen molar-refractivity contribution in [3.05, 3.63) is 0 Å². The first-order chi connectivity index (χ1) is 3.41. The summed E-state index contributed by atoms with van der Waals surface area (Å²) in [5.74, 6) is 0. The van der Waals surface area contributed by atoms with Gasteiger partial charge in [-0.05, 0) is 13.8 Å². The zero-order valence-corrected chi connectivity index (χ0v) is 6.76. The molecule has 0 heterocycles. The topological polar surface area (TPSA) is 27.7 Å². The van der Waals surface area contributed by atoms with Gasteiger partial charge < -0.3 is 0 Å². The summed E-state index contributed by atoms with van der Waals surface area (Å²) in [5, 5.41) is 4.13. The molecule has 0 unspecified atom stereocenters. The van der Waals surface area contributed by atoms with Crippen molar-refractivity contribution in [1.29, 1.82) is 0 Å². The molecule has 0 aromatic carbocycles. The second-order valence-corrected chi connectivity index (χ2v) is 0.881. The van der Waals surface area contributed by atoms with Crippen LogP contribution in [0.5, 0.6) is 0 Å². The van der Waals surface area contributed by atoms with Crippen LogP contribution in [0.25, 0.3) is 0 Å². The summed E-state index contributed by atoms with van der Waals surface area (Å²) in [6, 6.07) is 0. The van der Waals surface area contributed by atoms with E-state index in [1.165, 1.54) is 0 Å². The Labute approximate surface area is 65.3 Å². The van der Waals surface area contributed by atoms with Gasteiger partial charge in [-0.15, -0.1) is 0 Å². The summed E-state index contributed by atoms with van der Waals surface area (Å²) < 4.78 is 0. The molecule has 0 saturated heterocycles. The van der Waals surface area contributed by atoms with Crippen LogP contribution in [-0.4, -0.2) is 36.3 Å². The van der Waals surface area contributed by atoms with Gasteiger partial charge in [-0.1, -0.05) is 5.04 Å². The summed E-state index contributed by atoms with van der Waals surface area (Å²) in [7, 11) is 0. The third kappa shape index (κ3) is 9.82. The Hall–Kier alpha value is 0.646.